The Morgan fingerprint density at radius 3 is 2.71 bits per heavy atom. The molecule has 0 aliphatic carbocycles. The highest BCUT2D eigenvalue weighted by Crippen LogP contribution is 2.25. The van der Waals surface area contributed by atoms with Gasteiger partial charge in [0.25, 0.3) is 5.91 Å². The fraction of sp³-hybridized carbons (Fsp3) is 0.353. The second kappa shape index (κ2) is 8.26. The molecule has 0 radical (unpaired) electrons. The summed E-state index contributed by atoms with van der Waals surface area (Å²) in [5, 5.41) is 5.95. The van der Waals surface area contributed by atoms with Crippen LogP contribution in [0.1, 0.15) is 16.2 Å². The number of benzene rings is 1. The van der Waals surface area contributed by atoms with Crippen molar-refractivity contribution in [3.05, 3.63) is 41.7 Å². The van der Waals surface area contributed by atoms with Crippen LogP contribution < -0.4 is 15.4 Å². The van der Waals surface area contributed by atoms with Gasteiger partial charge in [0.05, 0.1) is 12.8 Å². The summed E-state index contributed by atoms with van der Waals surface area (Å²) in [4.78, 5) is 22.9. The Morgan fingerprint density at radius 1 is 1.25 bits per heavy atom. The molecule has 24 heavy (non-hydrogen) atoms. The van der Waals surface area contributed by atoms with Crippen LogP contribution in [0.4, 0.5) is 11.6 Å². The summed E-state index contributed by atoms with van der Waals surface area (Å²) in [5.41, 5.74) is 1.78. The van der Waals surface area contributed by atoms with Crippen LogP contribution in [0.15, 0.2) is 30.3 Å². The molecular formula is C17H23N5O2. The van der Waals surface area contributed by atoms with Crippen LogP contribution in [0, 0.1) is 6.92 Å². The first-order valence-electron chi connectivity index (χ1n) is 7.68. The maximum Gasteiger partial charge on any atom is 0.270 e. The topological polar surface area (TPSA) is 79.4 Å². The van der Waals surface area contributed by atoms with E-state index in [1.807, 2.05) is 50.2 Å². The Kier molecular flexibility index (Phi) is 6.08. The minimum absolute atomic E-state index is 0.217. The minimum Gasteiger partial charge on any atom is -0.495 e. The highest BCUT2D eigenvalue weighted by atomic mass is 16.5. The Hall–Kier alpha value is -2.67. The van der Waals surface area contributed by atoms with E-state index in [0.717, 1.165) is 12.2 Å². The summed E-state index contributed by atoms with van der Waals surface area (Å²) in [7, 11) is 5.51. The fourth-order valence-corrected chi connectivity index (χ4v) is 2.09. The van der Waals surface area contributed by atoms with Crippen molar-refractivity contribution in [3.63, 3.8) is 0 Å². The van der Waals surface area contributed by atoms with Gasteiger partial charge in [0.1, 0.15) is 11.4 Å². The van der Waals surface area contributed by atoms with Crippen LogP contribution >= 0.6 is 0 Å². The van der Waals surface area contributed by atoms with Gasteiger partial charge in [0, 0.05) is 18.8 Å². The number of carbonyl (C=O) groups excluding carboxylic acids is 1. The fourth-order valence-electron chi connectivity index (χ4n) is 2.09. The maximum absolute atomic E-state index is 12.2. The standard InChI is InChI=1S/C17H23N5O2/c1-12-11-14(16(23)18-9-10-22(2)3)21-17(19-12)20-13-7-5-6-8-15(13)24-4/h5-8,11H,9-10H2,1-4H3,(H,18,23)(H,19,20,21). The second-order valence-electron chi connectivity index (χ2n) is 5.60. The molecule has 0 aliphatic heterocycles. The Labute approximate surface area is 142 Å². The third-order valence-electron chi connectivity index (χ3n) is 3.28. The van der Waals surface area contributed by atoms with E-state index in [2.05, 4.69) is 20.6 Å². The summed E-state index contributed by atoms with van der Waals surface area (Å²) in [6.45, 7) is 3.15. The lowest BCUT2D eigenvalue weighted by Crippen LogP contribution is -2.32. The molecule has 0 fully saturated rings. The first-order valence-corrected chi connectivity index (χ1v) is 7.68. The molecule has 0 bridgehead atoms. The zero-order valence-electron chi connectivity index (χ0n) is 14.5. The summed E-state index contributed by atoms with van der Waals surface area (Å²) in [5.74, 6) is 0.822. The van der Waals surface area contributed by atoms with Gasteiger partial charge in [0.2, 0.25) is 5.95 Å². The van der Waals surface area contributed by atoms with Crippen molar-refractivity contribution in [3.8, 4) is 5.75 Å². The van der Waals surface area contributed by atoms with Gasteiger partial charge in [-0.2, -0.15) is 0 Å². The SMILES string of the molecule is COc1ccccc1Nc1nc(C)cc(C(=O)NCCN(C)C)n1. The van der Waals surface area contributed by atoms with Crippen molar-refractivity contribution in [1.82, 2.24) is 20.2 Å². The van der Waals surface area contributed by atoms with Crippen molar-refractivity contribution >= 4 is 17.5 Å². The van der Waals surface area contributed by atoms with Gasteiger partial charge in [-0.3, -0.25) is 4.79 Å². The van der Waals surface area contributed by atoms with Gasteiger partial charge < -0.3 is 20.3 Å². The van der Waals surface area contributed by atoms with Crippen LogP contribution in [-0.4, -0.2) is 55.1 Å². The number of amides is 1. The quantitative estimate of drug-likeness (QED) is 0.807. The molecule has 128 valence electrons. The third-order valence-corrected chi connectivity index (χ3v) is 3.28. The predicted octanol–water partition coefficient (Wildman–Crippen LogP) is 1.83. The Balaban J connectivity index is 2.14. The Bertz CT molecular complexity index is 703. The molecule has 1 amide bonds. The van der Waals surface area contributed by atoms with Crippen LogP contribution in [0.3, 0.4) is 0 Å². The molecule has 7 heteroatoms. The Morgan fingerprint density at radius 2 is 2.00 bits per heavy atom. The number of ether oxygens (including phenoxy) is 1. The van der Waals surface area contributed by atoms with E-state index in [4.69, 9.17) is 4.74 Å². The number of likely N-dealkylation sites (N-methyl/N-ethyl adjacent to an activating group) is 1. The van der Waals surface area contributed by atoms with Gasteiger partial charge in [-0.15, -0.1) is 0 Å². The van der Waals surface area contributed by atoms with E-state index < -0.39 is 0 Å². The van der Waals surface area contributed by atoms with Crippen molar-refractivity contribution in [2.24, 2.45) is 0 Å². The van der Waals surface area contributed by atoms with Gasteiger partial charge in [-0.05, 0) is 39.2 Å². The molecule has 0 aliphatic rings. The minimum atomic E-state index is -0.217. The van der Waals surface area contributed by atoms with Gasteiger partial charge in [0.15, 0.2) is 0 Å². The lowest BCUT2D eigenvalue weighted by atomic mass is 10.3. The zero-order chi connectivity index (χ0) is 17.5. The highest BCUT2D eigenvalue weighted by molar-refractivity contribution is 5.92. The molecule has 0 spiro atoms. The van der Waals surface area contributed by atoms with Crippen LogP contribution in [0.5, 0.6) is 5.75 Å². The number of nitrogens with one attached hydrogen (secondary N) is 2. The number of hydrogen-bond donors (Lipinski definition) is 2. The van der Waals surface area contributed by atoms with Crippen molar-refractivity contribution in [2.45, 2.75) is 6.92 Å². The number of methoxy groups -OCH3 is 1. The molecule has 1 aromatic carbocycles. The largest absolute Gasteiger partial charge is 0.495 e. The second-order valence-corrected chi connectivity index (χ2v) is 5.60. The molecule has 0 atom stereocenters. The van der Waals surface area contributed by atoms with E-state index in [1.54, 1.807) is 13.2 Å². The van der Waals surface area contributed by atoms with Gasteiger partial charge in [-0.25, -0.2) is 9.97 Å². The zero-order valence-corrected chi connectivity index (χ0v) is 14.5. The number of nitrogens with zero attached hydrogens (tertiary/aromatic N) is 3. The molecule has 0 saturated heterocycles. The molecule has 2 rings (SSSR count). The number of anilines is 2. The number of aryl methyl sites for hydroxylation is 1. The van der Waals surface area contributed by atoms with E-state index in [1.165, 1.54) is 0 Å². The summed E-state index contributed by atoms with van der Waals surface area (Å²) < 4.78 is 5.30. The molecule has 2 aromatic rings. The van der Waals surface area contributed by atoms with Crippen LogP contribution in [-0.2, 0) is 0 Å². The number of hydrogen-bond acceptors (Lipinski definition) is 6. The molecule has 2 N–H and O–H groups in total. The van der Waals surface area contributed by atoms with Gasteiger partial charge in [-0.1, -0.05) is 12.1 Å². The summed E-state index contributed by atoms with van der Waals surface area (Å²) >= 11 is 0. The van der Waals surface area contributed by atoms with E-state index in [9.17, 15) is 4.79 Å². The van der Waals surface area contributed by atoms with Crippen molar-refractivity contribution in [1.29, 1.82) is 0 Å². The number of carbonyl (C=O) groups is 1. The van der Waals surface area contributed by atoms with E-state index >= 15 is 0 Å². The normalized spacial score (nSPS) is 10.5. The highest BCUT2D eigenvalue weighted by Gasteiger charge is 2.11. The van der Waals surface area contributed by atoms with Crippen molar-refractivity contribution < 1.29 is 9.53 Å². The molecule has 1 heterocycles. The van der Waals surface area contributed by atoms with Gasteiger partial charge >= 0.3 is 0 Å². The summed E-state index contributed by atoms with van der Waals surface area (Å²) in [6, 6.07) is 9.13. The average Bonchev–Trinajstić information content (AvgIpc) is 2.54. The predicted molar refractivity (Wildman–Crippen MR) is 93.9 cm³/mol. The third kappa shape index (κ3) is 4.92. The lowest BCUT2D eigenvalue weighted by molar-refractivity contribution is 0.0946. The summed E-state index contributed by atoms with van der Waals surface area (Å²) in [6.07, 6.45) is 0. The van der Waals surface area contributed by atoms with E-state index in [-0.39, 0.29) is 5.91 Å². The average molecular weight is 329 g/mol. The molecule has 7 nitrogen and oxygen atoms in total. The molecule has 0 unspecified atom stereocenters. The van der Waals surface area contributed by atoms with Crippen LogP contribution in [0.25, 0.3) is 0 Å². The number of aromatic nitrogens is 2. The maximum atomic E-state index is 12.2. The smallest absolute Gasteiger partial charge is 0.270 e. The molecular weight excluding hydrogens is 306 g/mol. The number of rotatable bonds is 7. The first kappa shape index (κ1) is 17.7. The van der Waals surface area contributed by atoms with E-state index in [0.29, 0.717) is 29.6 Å². The molecule has 1 aromatic heterocycles. The van der Waals surface area contributed by atoms with Crippen LogP contribution in [0.2, 0.25) is 0 Å². The number of para-hydroxylation sites is 2. The monoisotopic (exact) mass is 329 g/mol. The lowest BCUT2D eigenvalue weighted by Gasteiger charge is -2.12. The first-order chi connectivity index (χ1) is 11.5. The van der Waals surface area contributed by atoms with Crippen molar-refractivity contribution in [2.75, 3.05) is 39.6 Å². The molecule has 0 saturated carbocycles.